The molecular weight excluding hydrogens is 540 g/mol. The van der Waals surface area contributed by atoms with Gasteiger partial charge in [-0.2, -0.15) is 0 Å². The van der Waals surface area contributed by atoms with Crippen molar-refractivity contribution in [3.63, 3.8) is 0 Å². The largest absolute Gasteiger partial charge is 0.493 e. The molecule has 2 saturated carbocycles. The number of benzene rings is 2. The van der Waals surface area contributed by atoms with Gasteiger partial charge in [0.05, 0.1) is 17.7 Å². The Morgan fingerprint density at radius 3 is 2.67 bits per heavy atom. The smallest absolute Gasteiger partial charge is 0.318 e. The van der Waals surface area contributed by atoms with Gasteiger partial charge >= 0.3 is 6.03 Å². The molecule has 5 aliphatic rings. The van der Waals surface area contributed by atoms with Gasteiger partial charge in [-0.25, -0.2) is 9.78 Å². The molecule has 2 amide bonds. The summed E-state index contributed by atoms with van der Waals surface area (Å²) in [6, 6.07) is 21.8. The van der Waals surface area contributed by atoms with Crippen LogP contribution in [0.15, 0.2) is 77.7 Å². The van der Waals surface area contributed by atoms with Crippen molar-refractivity contribution in [1.29, 1.82) is 0 Å². The Kier molecular flexibility index (Phi) is 5.77. The fraction of sp³-hybridized carbons (Fsp3) is 0.382. The number of pyridine rings is 2. The highest BCUT2D eigenvalue weighted by Gasteiger charge is 2.67. The van der Waals surface area contributed by atoms with E-state index in [-0.39, 0.29) is 28.1 Å². The van der Waals surface area contributed by atoms with Gasteiger partial charge in [-0.3, -0.25) is 4.79 Å². The number of fused-ring (bicyclic) bond motifs is 3. The van der Waals surface area contributed by atoms with Gasteiger partial charge in [0.25, 0.3) is 5.56 Å². The molecule has 220 valence electrons. The number of hydrogen-bond acceptors (Lipinski definition) is 6. The van der Waals surface area contributed by atoms with Crippen LogP contribution in [0.3, 0.4) is 0 Å². The number of urea groups is 1. The molecule has 0 unspecified atom stereocenters. The van der Waals surface area contributed by atoms with Crippen molar-refractivity contribution in [1.82, 2.24) is 19.8 Å². The predicted molar refractivity (Wildman–Crippen MR) is 166 cm³/mol. The van der Waals surface area contributed by atoms with Crippen molar-refractivity contribution < 1.29 is 9.53 Å². The fourth-order valence-corrected chi connectivity index (χ4v) is 7.91. The topological polar surface area (TPSA) is 115 Å². The van der Waals surface area contributed by atoms with Crippen LogP contribution in [-0.4, -0.2) is 45.7 Å². The summed E-state index contributed by atoms with van der Waals surface area (Å²) in [6.07, 6.45) is 7.16. The van der Waals surface area contributed by atoms with E-state index in [0.29, 0.717) is 31.3 Å². The first-order valence-electron chi connectivity index (χ1n) is 15.3. The summed E-state index contributed by atoms with van der Waals surface area (Å²) in [6.45, 7) is 2.48. The second kappa shape index (κ2) is 9.49. The number of nitrogen functional groups attached to an aromatic ring is 1. The Bertz CT molecular complexity index is 1790. The number of nitrogens with two attached hydrogens (primary N) is 1. The third-order valence-electron chi connectivity index (χ3n) is 10.1. The molecule has 4 N–H and O–H groups in total. The summed E-state index contributed by atoms with van der Waals surface area (Å²) in [5, 5.41) is 9.01. The minimum Gasteiger partial charge on any atom is -0.493 e. The fourth-order valence-electron chi connectivity index (χ4n) is 7.91. The standard InChI is InChI=1S/C34H36N6O3/c35-30-27-9-4-10-28(26(27)11-14-36-30)37-20-33-18-32(19-33,22-43-25-16-24-8-5-15-39(24)29(41)17-25)21-40(33)31(42)38-34(12-13-34)23-6-2-1-3-7-23/h1-4,6-7,9-11,14,16-17,37H,5,8,12-13,15,18-22H2,(H2,35,36)(H,38,42). The number of carbonyl (C=O) groups is 1. The molecular formula is C34H36N6O3. The molecule has 2 saturated heterocycles. The molecule has 2 bridgehead atoms. The van der Waals surface area contributed by atoms with Gasteiger partial charge in [0.15, 0.2) is 0 Å². The lowest BCUT2D eigenvalue weighted by Crippen LogP contribution is -2.58. The number of ether oxygens (including phenoxy) is 1. The number of carbonyl (C=O) groups excluding carboxylic acids is 1. The van der Waals surface area contributed by atoms with E-state index in [9.17, 15) is 9.59 Å². The van der Waals surface area contributed by atoms with Crippen molar-refractivity contribution in [2.45, 2.75) is 56.1 Å². The maximum Gasteiger partial charge on any atom is 0.318 e. The number of nitrogens with zero attached hydrogens (tertiary/aromatic N) is 3. The average Bonchev–Trinajstić information content (AvgIpc) is 3.34. The van der Waals surface area contributed by atoms with Crippen LogP contribution in [0.4, 0.5) is 16.3 Å². The molecule has 3 aliphatic heterocycles. The van der Waals surface area contributed by atoms with Gasteiger partial charge in [0.1, 0.15) is 11.6 Å². The van der Waals surface area contributed by atoms with Crippen LogP contribution in [0.1, 0.15) is 43.4 Å². The summed E-state index contributed by atoms with van der Waals surface area (Å²) < 4.78 is 8.15. The Labute approximate surface area is 250 Å². The molecule has 0 spiro atoms. The summed E-state index contributed by atoms with van der Waals surface area (Å²) in [7, 11) is 0. The Balaban J connectivity index is 1.04. The highest BCUT2D eigenvalue weighted by atomic mass is 16.5. The lowest BCUT2D eigenvalue weighted by molar-refractivity contribution is 0.0441. The van der Waals surface area contributed by atoms with Crippen LogP contribution in [0.5, 0.6) is 5.75 Å². The monoisotopic (exact) mass is 576 g/mol. The van der Waals surface area contributed by atoms with Crippen LogP contribution in [-0.2, 0) is 18.5 Å². The first-order chi connectivity index (χ1) is 20.9. The lowest BCUT2D eigenvalue weighted by atomic mass is 9.62. The molecule has 2 aliphatic carbocycles. The quantitative estimate of drug-likeness (QED) is 0.281. The highest BCUT2D eigenvalue weighted by Crippen LogP contribution is 2.60. The zero-order chi connectivity index (χ0) is 29.2. The van der Waals surface area contributed by atoms with E-state index < -0.39 is 0 Å². The maximum absolute atomic E-state index is 14.1. The van der Waals surface area contributed by atoms with Crippen molar-refractivity contribution in [2.75, 3.05) is 30.7 Å². The van der Waals surface area contributed by atoms with Gasteiger partial charge in [0, 0.05) is 59.5 Å². The Morgan fingerprint density at radius 2 is 1.86 bits per heavy atom. The zero-order valence-electron chi connectivity index (χ0n) is 24.1. The third-order valence-corrected chi connectivity index (χ3v) is 10.1. The van der Waals surface area contributed by atoms with Crippen molar-refractivity contribution in [3.05, 3.63) is 94.5 Å². The molecule has 9 heteroatoms. The van der Waals surface area contributed by atoms with Crippen LogP contribution in [0.25, 0.3) is 10.8 Å². The number of nitrogens with one attached hydrogen (secondary N) is 2. The normalized spacial score (nSPS) is 24.3. The van der Waals surface area contributed by atoms with Crippen LogP contribution < -0.4 is 26.7 Å². The first-order valence-corrected chi connectivity index (χ1v) is 15.3. The molecule has 0 atom stereocenters. The van der Waals surface area contributed by atoms with Crippen molar-refractivity contribution in [3.8, 4) is 5.75 Å². The maximum atomic E-state index is 14.1. The highest BCUT2D eigenvalue weighted by molar-refractivity contribution is 5.99. The zero-order valence-corrected chi connectivity index (χ0v) is 24.1. The molecule has 43 heavy (non-hydrogen) atoms. The van der Waals surface area contributed by atoms with E-state index in [1.165, 1.54) is 0 Å². The summed E-state index contributed by atoms with van der Waals surface area (Å²) in [4.78, 5) is 32.9. The second-order valence-electron chi connectivity index (χ2n) is 13.1. The molecule has 9 nitrogen and oxygen atoms in total. The van der Waals surface area contributed by atoms with Crippen LogP contribution >= 0.6 is 0 Å². The first kappa shape index (κ1) is 26.1. The molecule has 2 aromatic carbocycles. The van der Waals surface area contributed by atoms with Gasteiger partial charge in [-0.05, 0) is 62.3 Å². The lowest BCUT2D eigenvalue weighted by Gasteiger charge is -2.47. The molecule has 5 heterocycles. The van der Waals surface area contributed by atoms with Gasteiger partial charge in [-0.15, -0.1) is 0 Å². The van der Waals surface area contributed by atoms with Crippen LogP contribution in [0.2, 0.25) is 0 Å². The molecule has 4 fully saturated rings. The molecule has 0 radical (unpaired) electrons. The molecule has 4 aromatic rings. The minimum atomic E-state index is -0.349. The van der Waals surface area contributed by atoms with Crippen molar-refractivity contribution in [2.24, 2.45) is 5.41 Å². The van der Waals surface area contributed by atoms with Gasteiger partial charge in [0.2, 0.25) is 0 Å². The number of anilines is 2. The Morgan fingerprint density at radius 1 is 1.02 bits per heavy atom. The summed E-state index contributed by atoms with van der Waals surface area (Å²) in [5.41, 5.74) is 8.53. The Hall–Kier alpha value is -4.53. The van der Waals surface area contributed by atoms with E-state index in [1.807, 2.05) is 58.0 Å². The van der Waals surface area contributed by atoms with Crippen molar-refractivity contribution >= 4 is 28.3 Å². The van der Waals surface area contributed by atoms with E-state index in [0.717, 1.165) is 72.8 Å². The predicted octanol–water partition coefficient (Wildman–Crippen LogP) is 4.65. The number of aromatic nitrogens is 2. The summed E-state index contributed by atoms with van der Waals surface area (Å²) in [5.74, 6) is 1.14. The number of hydrogen-bond donors (Lipinski definition) is 3. The second-order valence-corrected chi connectivity index (χ2v) is 13.1. The van der Waals surface area contributed by atoms with Crippen LogP contribution in [0, 0.1) is 5.41 Å². The van der Waals surface area contributed by atoms with E-state index in [4.69, 9.17) is 10.5 Å². The van der Waals surface area contributed by atoms with E-state index in [1.54, 1.807) is 12.3 Å². The van der Waals surface area contributed by atoms with Gasteiger partial charge < -0.3 is 30.6 Å². The summed E-state index contributed by atoms with van der Waals surface area (Å²) >= 11 is 0. The molecule has 9 rings (SSSR count). The third kappa shape index (κ3) is 4.32. The van der Waals surface area contributed by atoms with E-state index >= 15 is 0 Å². The molecule has 2 aromatic heterocycles. The van der Waals surface area contributed by atoms with E-state index in [2.05, 4.69) is 27.8 Å². The SMILES string of the molecule is Nc1nccc2c(NCC34CC(COc5cc6n(c(=O)c5)CCC6)(CN3C(=O)NC3(c5ccccc5)CC3)C4)cccc12. The number of amides is 2. The number of aryl methyl sites for hydroxylation is 1. The minimum absolute atomic E-state index is 0.00338. The average molecular weight is 577 g/mol. The van der Waals surface area contributed by atoms with Gasteiger partial charge in [-0.1, -0.05) is 42.5 Å². The number of rotatable bonds is 8.